The van der Waals surface area contributed by atoms with E-state index in [0.29, 0.717) is 24.9 Å². The molecule has 2 aromatic rings. The minimum atomic E-state index is -3.32. The lowest BCUT2D eigenvalue weighted by atomic mass is 10.0. The maximum absolute atomic E-state index is 12.9. The third kappa shape index (κ3) is 5.16. The Kier molecular flexibility index (Phi) is 7.21. The predicted molar refractivity (Wildman–Crippen MR) is 98.6 cm³/mol. The Morgan fingerprint density at radius 2 is 1.68 bits per heavy atom. The number of rotatable bonds is 9. The molecule has 0 aliphatic rings. The third-order valence-corrected chi connectivity index (χ3v) is 5.86. The van der Waals surface area contributed by atoms with Gasteiger partial charge in [0.25, 0.3) is 0 Å². The van der Waals surface area contributed by atoms with Gasteiger partial charge < -0.3 is 18.9 Å². The summed E-state index contributed by atoms with van der Waals surface area (Å²) in [6, 6.07) is 14.5. The average molecular weight is 364 g/mol. The predicted octanol–water partition coefficient (Wildman–Crippen LogP) is 3.86. The van der Waals surface area contributed by atoms with Gasteiger partial charge in [0.2, 0.25) is 0 Å². The van der Waals surface area contributed by atoms with E-state index in [1.807, 2.05) is 30.3 Å². The average Bonchev–Trinajstić information content (AvgIpc) is 2.62. The number of ether oxygens (including phenoxy) is 1. The molecule has 0 amide bonds. The first kappa shape index (κ1) is 19.7. The highest BCUT2D eigenvalue weighted by atomic mass is 31.2. The van der Waals surface area contributed by atoms with Crippen molar-refractivity contribution in [2.45, 2.75) is 26.4 Å². The lowest BCUT2D eigenvalue weighted by Gasteiger charge is -2.18. The van der Waals surface area contributed by atoms with E-state index in [-0.39, 0.29) is 0 Å². The zero-order chi connectivity index (χ0) is 18.3. The van der Waals surface area contributed by atoms with Gasteiger partial charge in [-0.15, -0.1) is 0 Å². The van der Waals surface area contributed by atoms with Crippen LogP contribution in [0.3, 0.4) is 0 Å². The normalized spacial score (nSPS) is 12.8. The molecule has 0 saturated carbocycles. The second-order valence-corrected chi connectivity index (χ2v) is 7.52. The van der Waals surface area contributed by atoms with Crippen LogP contribution in [0.1, 0.15) is 31.1 Å². The van der Waals surface area contributed by atoms with Gasteiger partial charge in [-0.05, 0) is 49.2 Å². The van der Waals surface area contributed by atoms with Crippen LogP contribution in [0.15, 0.2) is 48.5 Å². The van der Waals surface area contributed by atoms with Crippen LogP contribution in [0.5, 0.6) is 5.75 Å². The van der Waals surface area contributed by atoms with Crippen LogP contribution in [-0.2, 0) is 20.0 Å². The summed E-state index contributed by atoms with van der Waals surface area (Å²) < 4.78 is 28.8. The summed E-state index contributed by atoms with van der Waals surface area (Å²) in [5.41, 5.74) is 1.66. The van der Waals surface area contributed by atoms with Gasteiger partial charge in [0, 0.05) is 6.42 Å². The fourth-order valence-corrected chi connectivity index (χ4v) is 4.19. The molecule has 2 aromatic carbocycles. The summed E-state index contributed by atoms with van der Waals surface area (Å²) >= 11 is 0. The maximum atomic E-state index is 12.9. The van der Waals surface area contributed by atoms with E-state index >= 15 is 0 Å². The molecule has 0 aromatic heterocycles. The molecule has 0 aliphatic heterocycles. The number of aliphatic hydroxyl groups excluding tert-OH is 1. The zero-order valence-electron chi connectivity index (χ0n) is 14.8. The van der Waals surface area contributed by atoms with E-state index < -0.39 is 13.7 Å². The van der Waals surface area contributed by atoms with E-state index in [0.717, 1.165) is 16.9 Å². The van der Waals surface area contributed by atoms with Gasteiger partial charge in [-0.25, -0.2) is 0 Å². The van der Waals surface area contributed by atoms with Crippen molar-refractivity contribution >= 4 is 12.9 Å². The highest BCUT2D eigenvalue weighted by Gasteiger charge is 2.26. The Bertz CT molecular complexity index is 704. The van der Waals surface area contributed by atoms with Crippen molar-refractivity contribution in [3.63, 3.8) is 0 Å². The fraction of sp³-hybridized carbons (Fsp3) is 0.368. The monoisotopic (exact) mass is 364 g/mol. The Balaban J connectivity index is 2.18. The number of aliphatic hydroxyl groups is 1. The quantitative estimate of drug-likeness (QED) is 0.685. The highest BCUT2D eigenvalue weighted by molar-refractivity contribution is 7.62. The second kappa shape index (κ2) is 9.16. The second-order valence-electron chi connectivity index (χ2n) is 5.50. The van der Waals surface area contributed by atoms with Crippen molar-refractivity contribution in [3.8, 4) is 5.75 Å². The molecule has 0 fully saturated rings. The minimum absolute atomic E-state index is 0.302. The molecule has 1 N–H and O–H groups in total. The molecule has 0 radical (unpaired) electrons. The van der Waals surface area contributed by atoms with Crippen molar-refractivity contribution in [1.29, 1.82) is 0 Å². The van der Waals surface area contributed by atoms with E-state index in [1.165, 1.54) is 0 Å². The van der Waals surface area contributed by atoms with E-state index in [9.17, 15) is 9.67 Å². The molecule has 6 heteroatoms. The molecule has 2 rings (SSSR count). The number of hydrogen-bond donors (Lipinski definition) is 1. The molecular weight excluding hydrogens is 339 g/mol. The Hall–Kier alpha value is -1.65. The lowest BCUT2D eigenvalue weighted by Crippen LogP contribution is -2.12. The Morgan fingerprint density at radius 1 is 1.04 bits per heavy atom. The van der Waals surface area contributed by atoms with Gasteiger partial charge in [-0.3, -0.25) is 4.57 Å². The van der Waals surface area contributed by atoms with E-state index in [4.69, 9.17) is 13.8 Å². The third-order valence-electron chi connectivity index (χ3n) is 3.75. The summed E-state index contributed by atoms with van der Waals surface area (Å²) in [5.74, 6) is 0.743. The molecule has 0 saturated heterocycles. The molecule has 5 nitrogen and oxygen atoms in total. The van der Waals surface area contributed by atoms with Crippen LogP contribution in [0.25, 0.3) is 0 Å². The Labute approximate surface area is 149 Å². The van der Waals surface area contributed by atoms with Crippen LogP contribution in [-0.4, -0.2) is 25.4 Å². The van der Waals surface area contributed by atoms with Crippen molar-refractivity contribution < 1.29 is 23.5 Å². The number of methoxy groups -OCH3 is 1. The van der Waals surface area contributed by atoms with Crippen molar-refractivity contribution in [1.82, 2.24) is 0 Å². The summed E-state index contributed by atoms with van der Waals surface area (Å²) in [5, 5.41) is 11.0. The van der Waals surface area contributed by atoms with Gasteiger partial charge in [0.15, 0.2) is 0 Å². The maximum Gasteiger partial charge on any atom is 0.361 e. The van der Waals surface area contributed by atoms with Crippen molar-refractivity contribution in [2.24, 2.45) is 0 Å². The molecular formula is C19H25O5P. The van der Waals surface area contributed by atoms with Crippen LogP contribution in [0.4, 0.5) is 0 Å². The molecule has 136 valence electrons. The number of hydrogen-bond acceptors (Lipinski definition) is 5. The summed E-state index contributed by atoms with van der Waals surface area (Å²) in [6.07, 6.45) is -0.266. The summed E-state index contributed by atoms with van der Waals surface area (Å²) in [4.78, 5) is 0. The van der Waals surface area contributed by atoms with Gasteiger partial charge in [-0.1, -0.05) is 24.3 Å². The van der Waals surface area contributed by atoms with Crippen LogP contribution >= 0.6 is 7.60 Å². The Morgan fingerprint density at radius 3 is 2.24 bits per heavy atom. The molecule has 1 atom stereocenters. The number of benzene rings is 2. The standard InChI is InChI=1S/C19H25O5P/c1-4-23-25(21,24-5-2)18-8-6-7-15(13-18)14-19(20)16-9-11-17(22-3)12-10-16/h6-13,19-20H,4-5,14H2,1-3H3. The first-order valence-electron chi connectivity index (χ1n) is 8.33. The summed E-state index contributed by atoms with van der Waals surface area (Å²) in [6.45, 7) is 4.16. The molecule has 25 heavy (non-hydrogen) atoms. The van der Waals surface area contributed by atoms with E-state index in [2.05, 4.69) is 0 Å². The van der Waals surface area contributed by atoms with Crippen molar-refractivity contribution in [2.75, 3.05) is 20.3 Å². The van der Waals surface area contributed by atoms with Crippen molar-refractivity contribution in [3.05, 3.63) is 59.7 Å². The SMILES string of the molecule is CCOP(=O)(OCC)c1cccc(CC(O)c2ccc(OC)cc2)c1. The van der Waals surface area contributed by atoms with Crippen LogP contribution in [0.2, 0.25) is 0 Å². The first-order valence-corrected chi connectivity index (χ1v) is 9.87. The summed E-state index contributed by atoms with van der Waals surface area (Å²) in [7, 11) is -1.72. The van der Waals surface area contributed by atoms with Gasteiger partial charge >= 0.3 is 7.60 Å². The molecule has 0 aliphatic carbocycles. The van der Waals surface area contributed by atoms with Gasteiger partial charge in [0.1, 0.15) is 5.75 Å². The highest BCUT2D eigenvalue weighted by Crippen LogP contribution is 2.46. The van der Waals surface area contributed by atoms with E-state index in [1.54, 1.807) is 39.2 Å². The first-order chi connectivity index (χ1) is 12.0. The van der Waals surface area contributed by atoms with Gasteiger partial charge in [0.05, 0.1) is 31.7 Å². The fourth-order valence-electron chi connectivity index (χ4n) is 2.55. The molecule has 0 bridgehead atoms. The molecule has 0 spiro atoms. The smallest absolute Gasteiger partial charge is 0.361 e. The molecule has 1 unspecified atom stereocenters. The molecule has 0 heterocycles. The largest absolute Gasteiger partial charge is 0.497 e. The zero-order valence-corrected chi connectivity index (χ0v) is 15.7. The lowest BCUT2D eigenvalue weighted by molar-refractivity contribution is 0.178. The minimum Gasteiger partial charge on any atom is -0.497 e. The van der Waals surface area contributed by atoms with Gasteiger partial charge in [-0.2, -0.15) is 0 Å². The van der Waals surface area contributed by atoms with Crippen LogP contribution in [0, 0.1) is 0 Å². The van der Waals surface area contributed by atoms with Crippen LogP contribution < -0.4 is 10.0 Å². The topological polar surface area (TPSA) is 65.0 Å².